The van der Waals surface area contributed by atoms with Crippen LogP contribution in [0.3, 0.4) is 0 Å². The van der Waals surface area contributed by atoms with Crippen LogP contribution in [0.15, 0.2) is 0 Å². The predicted octanol–water partition coefficient (Wildman–Crippen LogP) is 0.961. The molecule has 2 rings (SSSR count). The third kappa shape index (κ3) is 1.99. The van der Waals surface area contributed by atoms with Crippen LogP contribution in [0.1, 0.15) is 27.2 Å². The van der Waals surface area contributed by atoms with E-state index in [0.29, 0.717) is 0 Å². The molecule has 0 aromatic heterocycles. The summed E-state index contributed by atoms with van der Waals surface area (Å²) in [4.78, 5) is 35.9. The predicted molar refractivity (Wildman–Crippen MR) is 70.9 cm³/mol. The molecule has 10 heteroatoms. The van der Waals surface area contributed by atoms with E-state index in [1.807, 2.05) is 0 Å². The number of β-lactam (4-membered cyclic amide) rings is 1. The number of halogens is 3. The normalized spacial score (nSPS) is 33.2. The highest BCUT2D eigenvalue weighted by molar-refractivity contribution is 8.01. The fourth-order valence-electron chi connectivity index (χ4n) is 3.14. The van der Waals surface area contributed by atoms with Gasteiger partial charge >= 0.3 is 18.1 Å². The van der Waals surface area contributed by atoms with Crippen LogP contribution < -0.4 is 5.32 Å². The number of carbonyl (C=O) groups excluding carboxylic acids is 2. The van der Waals surface area contributed by atoms with Crippen LogP contribution in [0.5, 0.6) is 0 Å². The first-order chi connectivity index (χ1) is 9.90. The second kappa shape index (κ2) is 4.77. The lowest BCUT2D eigenvalue weighted by molar-refractivity contribution is -0.181. The zero-order chi connectivity index (χ0) is 17.1. The second-order valence-electron chi connectivity index (χ2n) is 5.69. The number of nitrogens with zero attached hydrogens (tertiary/aromatic N) is 1. The average molecular weight is 340 g/mol. The van der Waals surface area contributed by atoms with Gasteiger partial charge in [-0.2, -0.15) is 13.2 Å². The standard InChI is InChI=1S/C12H15F3N2O4S/c1-4-11(9(20)21)10(2,3)22-7-5(6(18)17(7)11)16-8(19)12(13,14)15/h5,7H,4H2,1-3H3,(H,16,19)(H,20,21)/t5-,7+,11-/m0/s1. The quantitative estimate of drug-likeness (QED) is 0.748. The number of carbonyl (C=O) groups is 3. The van der Waals surface area contributed by atoms with E-state index in [9.17, 15) is 32.7 Å². The molecule has 0 aromatic carbocycles. The molecule has 2 aliphatic rings. The summed E-state index contributed by atoms with van der Waals surface area (Å²) in [6, 6.07) is -1.36. The Hall–Kier alpha value is -1.45. The summed E-state index contributed by atoms with van der Waals surface area (Å²) in [5, 5.41) is 10.4. The Labute approximate surface area is 128 Å². The average Bonchev–Trinajstić information content (AvgIpc) is 2.59. The highest BCUT2D eigenvalue weighted by Crippen LogP contribution is 2.58. The number of aliphatic carboxylic acids is 1. The molecule has 3 atom stereocenters. The maximum absolute atomic E-state index is 12.3. The summed E-state index contributed by atoms with van der Waals surface area (Å²) in [6.45, 7) is 4.86. The van der Waals surface area contributed by atoms with Gasteiger partial charge in [-0.15, -0.1) is 11.8 Å². The molecule has 0 radical (unpaired) electrons. The van der Waals surface area contributed by atoms with Gasteiger partial charge in [0.25, 0.3) is 0 Å². The van der Waals surface area contributed by atoms with Crippen LogP contribution >= 0.6 is 11.8 Å². The molecule has 2 aliphatic heterocycles. The van der Waals surface area contributed by atoms with Gasteiger partial charge in [0, 0.05) is 4.75 Å². The second-order valence-corrected chi connectivity index (χ2v) is 7.43. The lowest BCUT2D eigenvalue weighted by Crippen LogP contribution is -2.75. The maximum atomic E-state index is 12.3. The maximum Gasteiger partial charge on any atom is 0.471 e. The molecule has 124 valence electrons. The molecule has 22 heavy (non-hydrogen) atoms. The Balaban J connectivity index is 2.29. The molecule has 0 spiro atoms. The molecule has 0 unspecified atom stereocenters. The Morgan fingerprint density at radius 1 is 1.41 bits per heavy atom. The highest BCUT2D eigenvalue weighted by atomic mass is 32.2. The largest absolute Gasteiger partial charge is 0.479 e. The van der Waals surface area contributed by atoms with E-state index in [2.05, 4.69) is 0 Å². The molecule has 6 nitrogen and oxygen atoms in total. The number of carboxylic acid groups (broad SMARTS) is 1. The number of hydrogen-bond acceptors (Lipinski definition) is 4. The number of amides is 2. The van der Waals surface area contributed by atoms with E-state index in [0.717, 1.165) is 16.7 Å². The minimum absolute atomic E-state index is 0.116. The SMILES string of the molecule is CC[C@@]1(C(=O)O)N2C(=O)[C@H](NC(=O)C(F)(F)F)[C@H]2SC1(C)C. The fraction of sp³-hybridized carbons (Fsp3) is 0.750. The third-order valence-electron chi connectivity index (χ3n) is 4.28. The molecular weight excluding hydrogens is 325 g/mol. The number of alkyl halides is 3. The van der Waals surface area contributed by atoms with Gasteiger partial charge in [-0.25, -0.2) is 4.79 Å². The van der Waals surface area contributed by atoms with Crippen molar-refractivity contribution in [1.82, 2.24) is 10.2 Å². The first-order valence-electron chi connectivity index (χ1n) is 6.52. The van der Waals surface area contributed by atoms with Gasteiger partial charge in [0.2, 0.25) is 5.91 Å². The van der Waals surface area contributed by atoms with Gasteiger partial charge in [0.15, 0.2) is 5.54 Å². The number of carboxylic acids is 1. The lowest BCUT2D eigenvalue weighted by Gasteiger charge is -2.49. The summed E-state index contributed by atoms with van der Waals surface area (Å²) in [6.07, 6.45) is -4.97. The van der Waals surface area contributed by atoms with Crippen molar-refractivity contribution in [2.24, 2.45) is 0 Å². The fourth-order valence-corrected chi connectivity index (χ4v) is 4.98. The Bertz CT molecular complexity index is 551. The van der Waals surface area contributed by atoms with Crippen molar-refractivity contribution >= 4 is 29.5 Å². The van der Waals surface area contributed by atoms with Crippen LogP contribution in [0, 0.1) is 0 Å². The van der Waals surface area contributed by atoms with Gasteiger partial charge in [-0.05, 0) is 20.3 Å². The Morgan fingerprint density at radius 2 is 1.95 bits per heavy atom. The van der Waals surface area contributed by atoms with Gasteiger partial charge in [0.1, 0.15) is 11.4 Å². The number of fused-ring (bicyclic) bond motifs is 1. The number of nitrogens with one attached hydrogen (secondary N) is 1. The zero-order valence-electron chi connectivity index (χ0n) is 12.0. The van der Waals surface area contributed by atoms with Crippen molar-refractivity contribution in [3.05, 3.63) is 0 Å². The molecule has 0 saturated carbocycles. The summed E-state index contributed by atoms with van der Waals surface area (Å²) in [5.74, 6) is -4.21. The van der Waals surface area contributed by atoms with E-state index >= 15 is 0 Å². The molecule has 0 bridgehead atoms. The van der Waals surface area contributed by atoms with Gasteiger partial charge in [-0.1, -0.05) is 6.92 Å². The highest BCUT2D eigenvalue weighted by Gasteiger charge is 2.72. The summed E-state index contributed by atoms with van der Waals surface area (Å²) in [5.41, 5.74) is -1.50. The van der Waals surface area contributed by atoms with Gasteiger partial charge in [-0.3, -0.25) is 9.59 Å². The van der Waals surface area contributed by atoms with Gasteiger partial charge < -0.3 is 15.3 Å². The molecule has 2 N–H and O–H groups in total. The molecule has 2 heterocycles. The third-order valence-corrected chi connectivity index (χ3v) is 5.93. The molecule has 0 aromatic rings. The van der Waals surface area contributed by atoms with Crippen LogP contribution in [-0.2, 0) is 14.4 Å². The minimum Gasteiger partial charge on any atom is -0.479 e. The van der Waals surface area contributed by atoms with Crippen LogP contribution in [0.4, 0.5) is 13.2 Å². The van der Waals surface area contributed by atoms with Gasteiger partial charge in [0.05, 0.1) is 0 Å². The van der Waals surface area contributed by atoms with E-state index < -0.39 is 45.7 Å². The smallest absolute Gasteiger partial charge is 0.471 e. The number of hydrogen-bond donors (Lipinski definition) is 2. The van der Waals surface area contributed by atoms with Crippen molar-refractivity contribution in [1.29, 1.82) is 0 Å². The zero-order valence-corrected chi connectivity index (χ0v) is 12.8. The molecular formula is C12H15F3N2O4S. The summed E-state index contributed by atoms with van der Waals surface area (Å²) >= 11 is 1.08. The van der Waals surface area contributed by atoms with Crippen molar-refractivity contribution in [3.63, 3.8) is 0 Å². The minimum atomic E-state index is -5.09. The van der Waals surface area contributed by atoms with E-state index in [-0.39, 0.29) is 6.42 Å². The van der Waals surface area contributed by atoms with E-state index in [1.54, 1.807) is 26.1 Å². The number of rotatable bonds is 3. The first-order valence-corrected chi connectivity index (χ1v) is 7.40. The molecule has 2 fully saturated rings. The Kier molecular flexibility index (Phi) is 3.67. The van der Waals surface area contributed by atoms with Crippen molar-refractivity contribution in [2.45, 2.75) is 55.1 Å². The van der Waals surface area contributed by atoms with Crippen molar-refractivity contribution in [3.8, 4) is 0 Å². The van der Waals surface area contributed by atoms with E-state index in [1.165, 1.54) is 0 Å². The van der Waals surface area contributed by atoms with E-state index in [4.69, 9.17) is 0 Å². The van der Waals surface area contributed by atoms with Crippen molar-refractivity contribution < 1.29 is 32.7 Å². The van der Waals surface area contributed by atoms with Crippen molar-refractivity contribution in [2.75, 3.05) is 0 Å². The summed E-state index contributed by atoms with van der Waals surface area (Å²) < 4.78 is 36.0. The summed E-state index contributed by atoms with van der Waals surface area (Å²) in [7, 11) is 0. The Morgan fingerprint density at radius 3 is 2.36 bits per heavy atom. The topological polar surface area (TPSA) is 86.7 Å². The molecule has 0 aliphatic carbocycles. The number of thioether (sulfide) groups is 1. The molecule has 2 amide bonds. The van der Waals surface area contributed by atoms with Crippen LogP contribution in [0.25, 0.3) is 0 Å². The lowest BCUT2D eigenvalue weighted by atomic mass is 9.79. The first kappa shape index (κ1) is 16.9. The monoisotopic (exact) mass is 340 g/mol. The van der Waals surface area contributed by atoms with Crippen LogP contribution in [-0.4, -0.2) is 55.7 Å². The van der Waals surface area contributed by atoms with Crippen LogP contribution in [0.2, 0.25) is 0 Å². The molecule has 2 saturated heterocycles.